The van der Waals surface area contributed by atoms with Crippen LogP contribution in [-0.2, 0) is 4.79 Å². The third-order valence-corrected chi connectivity index (χ3v) is 5.51. The van der Waals surface area contributed by atoms with Crippen LogP contribution in [0.4, 0.5) is 5.82 Å². The molecule has 1 aromatic heterocycles. The Morgan fingerprint density at radius 3 is 2.55 bits per heavy atom. The SMILES string of the molecule is COc1ccc(-n2cnc3c2NC(=O)C[C@H]3c2cc3c(c(OC)c2OC)OCO3)cc1. The fourth-order valence-electron chi connectivity index (χ4n) is 4.07. The van der Waals surface area contributed by atoms with Gasteiger partial charge in [0.2, 0.25) is 24.2 Å². The van der Waals surface area contributed by atoms with Gasteiger partial charge in [0.1, 0.15) is 17.9 Å². The maximum absolute atomic E-state index is 12.7. The maximum atomic E-state index is 12.7. The van der Waals surface area contributed by atoms with Crippen molar-refractivity contribution in [3.05, 3.63) is 47.9 Å². The summed E-state index contributed by atoms with van der Waals surface area (Å²) in [4.78, 5) is 17.3. The molecule has 3 aromatic rings. The second-order valence-corrected chi connectivity index (χ2v) is 7.12. The quantitative estimate of drug-likeness (QED) is 0.674. The van der Waals surface area contributed by atoms with Crippen molar-refractivity contribution in [3.8, 4) is 34.4 Å². The first-order valence-corrected chi connectivity index (χ1v) is 9.70. The Labute approximate surface area is 178 Å². The Hall–Kier alpha value is -3.88. The zero-order valence-electron chi connectivity index (χ0n) is 17.3. The molecule has 9 nitrogen and oxygen atoms in total. The van der Waals surface area contributed by atoms with E-state index in [1.165, 1.54) is 0 Å². The lowest BCUT2D eigenvalue weighted by Gasteiger charge is -2.25. The number of carbonyl (C=O) groups is 1. The van der Waals surface area contributed by atoms with Gasteiger partial charge in [-0.1, -0.05) is 0 Å². The molecule has 1 N–H and O–H groups in total. The molecule has 0 radical (unpaired) electrons. The van der Waals surface area contributed by atoms with E-state index in [9.17, 15) is 4.79 Å². The van der Waals surface area contributed by atoms with Gasteiger partial charge in [-0.25, -0.2) is 4.98 Å². The summed E-state index contributed by atoms with van der Waals surface area (Å²) in [6.45, 7) is 0.0980. The highest BCUT2D eigenvalue weighted by atomic mass is 16.7. The van der Waals surface area contributed by atoms with Gasteiger partial charge in [-0.05, 0) is 30.3 Å². The largest absolute Gasteiger partial charge is 0.497 e. The van der Waals surface area contributed by atoms with Crippen molar-refractivity contribution >= 4 is 11.7 Å². The second-order valence-electron chi connectivity index (χ2n) is 7.12. The third-order valence-electron chi connectivity index (χ3n) is 5.51. The fourth-order valence-corrected chi connectivity index (χ4v) is 4.07. The van der Waals surface area contributed by atoms with Crippen molar-refractivity contribution < 1.29 is 28.5 Å². The van der Waals surface area contributed by atoms with Crippen LogP contribution in [0.2, 0.25) is 0 Å². The second kappa shape index (κ2) is 7.42. The van der Waals surface area contributed by atoms with Crippen molar-refractivity contribution in [2.75, 3.05) is 33.4 Å². The monoisotopic (exact) mass is 423 g/mol. The number of hydrogen-bond donors (Lipinski definition) is 1. The van der Waals surface area contributed by atoms with Crippen molar-refractivity contribution in [2.24, 2.45) is 0 Å². The van der Waals surface area contributed by atoms with Gasteiger partial charge in [0.25, 0.3) is 0 Å². The van der Waals surface area contributed by atoms with E-state index in [1.54, 1.807) is 27.7 Å². The molecule has 0 spiro atoms. The summed E-state index contributed by atoms with van der Waals surface area (Å²) in [5.74, 6) is 2.88. The molecule has 160 valence electrons. The van der Waals surface area contributed by atoms with E-state index in [-0.39, 0.29) is 25.0 Å². The number of anilines is 1. The number of nitrogens with one attached hydrogen (secondary N) is 1. The summed E-state index contributed by atoms with van der Waals surface area (Å²) >= 11 is 0. The van der Waals surface area contributed by atoms with Crippen molar-refractivity contribution in [1.29, 1.82) is 0 Å². The predicted molar refractivity (Wildman–Crippen MR) is 111 cm³/mol. The Kier molecular flexibility index (Phi) is 4.58. The highest BCUT2D eigenvalue weighted by Crippen LogP contribution is 2.53. The van der Waals surface area contributed by atoms with Gasteiger partial charge in [-0.2, -0.15) is 0 Å². The number of carbonyl (C=O) groups excluding carboxylic acids is 1. The van der Waals surface area contributed by atoms with E-state index in [4.69, 9.17) is 23.7 Å². The summed E-state index contributed by atoms with van der Waals surface area (Å²) < 4.78 is 29.4. The molecule has 1 amide bonds. The van der Waals surface area contributed by atoms with E-state index in [0.29, 0.717) is 28.8 Å². The molecular formula is C22H21N3O6. The molecule has 0 unspecified atom stereocenters. The van der Waals surface area contributed by atoms with Crippen LogP contribution < -0.4 is 29.0 Å². The Morgan fingerprint density at radius 1 is 1.06 bits per heavy atom. The standard InChI is InChI=1S/C22H21N3O6/c1-27-13-6-4-12(5-7-13)25-10-23-18-14(9-17(26)24-22(18)25)15-8-16-20(31-11-30-16)21(29-3)19(15)28-2/h4-8,10,14H,9,11H2,1-3H3,(H,24,26)/t14-/m0/s1. The molecule has 0 saturated heterocycles. The molecule has 0 fully saturated rings. The molecule has 0 aliphatic carbocycles. The number of amides is 1. The van der Waals surface area contributed by atoms with Gasteiger partial charge < -0.3 is 29.0 Å². The zero-order chi connectivity index (χ0) is 21.5. The van der Waals surface area contributed by atoms with Gasteiger partial charge >= 0.3 is 0 Å². The minimum atomic E-state index is -0.346. The molecular weight excluding hydrogens is 402 g/mol. The summed E-state index contributed by atoms with van der Waals surface area (Å²) in [5.41, 5.74) is 2.33. The van der Waals surface area contributed by atoms with E-state index in [2.05, 4.69) is 10.3 Å². The van der Waals surface area contributed by atoms with Gasteiger partial charge in [0, 0.05) is 23.6 Å². The van der Waals surface area contributed by atoms with Crippen LogP contribution in [0.25, 0.3) is 5.69 Å². The Morgan fingerprint density at radius 2 is 1.84 bits per heavy atom. The van der Waals surface area contributed by atoms with Gasteiger partial charge in [-0.15, -0.1) is 0 Å². The average molecular weight is 423 g/mol. The number of rotatable bonds is 5. The first-order chi connectivity index (χ1) is 15.1. The molecule has 2 aromatic carbocycles. The normalized spacial score (nSPS) is 16.5. The van der Waals surface area contributed by atoms with Gasteiger partial charge in [0.05, 0.1) is 27.0 Å². The number of ether oxygens (including phenoxy) is 5. The van der Waals surface area contributed by atoms with Crippen molar-refractivity contribution in [3.63, 3.8) is 0 Å². The van der Waals surface area contributed by atoms with Crippen molar-refractivity contribution in [1.82, 2.24) is 9.55 Å². The zero-order valence-corrected chi connectivity index (χ0v) is 17.3. The first-order valence-electron chi connectivity index (χ1n) is 9.70. The molecule has 3 heterocycles. The summed E-state index contributed by atoms with van der Waals surface area (Å²) in [6.07, 6.45) is 1.91. The van der Waals surface area contributed by atoms with Crippen LogP contribution in [0, 0.1) is 0 Å². The molecule has 0 saturated carbocycles. The molecule has 2 aliphatic heterocycles. The topological polar surface area (TPSA) is 93.1 Å². The smallest absolute Gasteiger partial charge is 0.231 e. The number of methoxy groups -OCH3 is 3. The number of hydrogen-bond acceptors (Lipinski definition) is 7. The van der Waals surface area contributed by atoms with E-state index in [1.807, 2.05) is 34.9 Å². The van der Waals surface area contributed by atoms with Crippen LogP contribution in [0.5, 0.6) is 28.7 Å². The number of aromatic nitrogens is 2. The minimum Gasteiger partial charge on any atom is -0.497 e. The first kappa shape index (κ1) is 19.1. The maximum Gasteiger partial charge on any atom is 0.231 e. The number of fused-ring (bicyclic) bond motifs is 2. The highest BCUT2D eigenvalue weighted by Gasteiger charge is 2.36. The molecule has 1 atom stereocenters. The summed E-state index contributed by atoms with van der Waals surface area (Å²) in [5, 5.41) is 2.96. The molecule has 0 bridgehead atoms. The molecule has 9 heteroatoms. The Bertz CT molecular complexity index is 1160. The minimum absolute atomic E-state index is 0.0980. The molecule has 2 aliphatic rings. The lowest BCUT2D eigenvalue weighted by atomic mass is 9.88. The Balaban J connectivity index is 1.64. The van der Waals surface area contributed by atoms with Gasteiger partial charge in [0.15, 0.2) is 11.5 Å². The van der Waals surface area contributed by atoms with Crippen LogP contribution >= 0.6 is 0 Å². The average Bonchev–Trinajstić information content (AvgIpc) is 3.44. The fraction of sp³-hybridized carbons (Fsp3) is 0.273. The lowest BCUT2D eigenvalue weighted by molar-refractivity contribution is -0.116. The van der Waals surface area contributed by atoms with E-state index in [0.717, 1.165) is 22.7 Å². The van der Waals surface area contributed by atoms with Crippen LogP contribution in [0.3, 0.4) is 0 Å². The van der Waals surface area contributed by atoms with E-state index < -0.39 is 0 Å². The predicted octanol–water partition coefficient (Wildman–Crippen LogP) is 3.10. The molecule has 5 rings (SSSR count). The summed E-state index contributed by atoms with van der Waals surface area (Å²) in [6, 6.07) is 9.36. The van der Waals surface area contributed by atoms with Crippen LogP contribution in [0.15, 0.2) is 36.7 Å². The third kappa shape index (κ3) is 3.00. The van der Waals surface area contributed by atoms with Gasteiger partial charge in [-0.3, -0.25) is 9.36 Å². The number of benzene rings is 2. The highest BCUT2D eigenvalue weighted by molar-refractivity contribution is 5.94. The van der Waals surface area contributed by atoms with Crippen LogP contribution in [-0.4, -0.2) is 43.6 Å². The van der Waals surface area contributed by atoms with E-state index >= 15 is 0 Å². The number of imidazole rings is 1. The van der Waals surface area contributed by atoms with Crippen LogP contribution in [0.1, 0.15) is 23.6 Å². The summed E-state index contributed by atoms with van der Waals surface area (Å²) in [7, 11) is 4.72. The van der Waals surface area contributed by atoms with Crippen molar-refractivity contribution in [2.45, 2.75) is 12.3 Å². The lowest BCUT2D eigenvalue weighted by Crippen LogP contribution is -2.25. The number of nitrogens with zero attached hydrogens (tertiary/aromatic N) is 2. The molecule has 31 heavy (non-hydrogen) atoms.